The molecular formula is C17H31N3S. The third-order valence-corrected chi connectivity index (χ3v) is 4.36. The topological polar surface area (TPSA) is 28.2 Å². The number of anilines is 1. The number of thioether (sulfide) groups is 1. The van der Waals surface area contributed by atoms with E-state index in [2.05, 4.69) is 70.3 Å². The second-order valence-electron chi connectivity index (χ2n) is 6.70. The van der Waals surface area contributed by atoms with Gasteiger partial charge in [0.2, 0.25) is 0 Å². The van der Waals surface area contributed by atoms with Crippen molar-refractivity contribution >= 4 is 17.6 Å². The standard InChI is InChI=1S/C17H31N3S/c1-8-15-9-14(11-18-17(3,4)5)10-16(19-15)20(6)13(2)12-21-7/h9-10,13,18H,8,11-12H2,1-7H3. The van der Waals surface area contributed by atoms with Crippen LogP contribution in [0.25, 0.3) is 0 Å². The molecule has 0 saturated carbocycles. The maximum absolute atomic E-state index is 4.79. The molecule has 0 saturated heterocycles. The van der Waals surface area contributed by atoms with E-state index in [0.29, 0.717) is 6.04 Å². The van der Waals surface area contributed by atoms with Crippen molar-refractivity contribution in [1.29, 1.82) is 0 Å². The van der Waals surface area contributed by atoms with Crippen LogP contribution in [0, 0.1) is 0 Å². The lowest BCUT2D eigenvalue weighted by Gasteiger charge is -2.27. The summed E-state index contributed by atoms with van der Waals surface area (Å²) in [5, 5.41) is 3.56. The van der Waals surface area contributed by atoms with Gasteiger partial charge in [-0.2, -0.15) is 11.8 Å². The van der Waals surface area contributed by atoms with E-state index in [1.165, 1.54) is 11.3 Å². The second-order valence-corrected chi connectivity index (χ2v) is 7.61. The second kappa shape index (κ2) is 8.04. The minimum absolute atomic E-state index is 0.133. The Morgan fingerprint density at radius 2 is 2.00 bits per heavy atom. The van der Waals surface area contributed by atoms with Gasteiger partial charge in [-0.15, -0.1) is 0 Å². The number of aryl methyl sites for hydroxylation is 1. The zero-order valence-corrected chi connectivity index (χ0v) is 15.5. The monoisotopic (exact) mass is 309 g/mol. The molecule has 1 heterocycles. The maximum Gasteiger partial charge on any atom is 0.129 e. The number of nitrogens with one attached hydrogen (secondary N) is 1. The van der Waals surface area contributed by atoms with E-state index in [0.717, 1.165) is 24.5 Å². The molecule has 0 bridgehead atoms. The van der Waals surface area contributed by atoms with Gasteiger partial charge >= 0.3 is 0 Å². The van der Waals surface area contributed by atoms with Crippen LogP contribution in [-0.4, -0.2) is 35.6 Å². The first kappa shape index (κ1) is 18.3. The molecule has 4 heteroatoms. The van der Waals surface area contributed by atoms with Gasteiger partial charge in [0.15, 0.2) is 0 Å². The Bertz CT molecular complexity index is 440. The van der Waals surface area contributed by atoms with Crippen molar-refractivity contribution in [1.82, 2.24) is 10.3 Å². The molecule has 0 aliphatic heterocycles. The van der Waals surface area contributed by atoms with Crippen LogP contribution < -0.4 is 10.2 Å². The van der Waals surface area contributed by atoms with Gasteiger partial charge in [-0.1, -0.05) is 6.92 Å². The summed E-state index contributed by atoms with van der Waals surface area (Å²) in [7, 11) is 2.14. The van der Waals surface area contributed by atoms with E-state index in [1.54, 1.807) is 0 Å². The summed E-state index contributed by atoms with van der Waals surface area (Å²) in [6.07, 6.45) is 3.13. The highest BCUT2D eigenvalue weighted by Gasteiger charge is 2.14. The molecule has 0 amide bonds. The Labute approximate surface area is 134 Å². The van der Waals surface area contributed by atoms with Crippen molar-refractivity contribution in [3.63, 3.8) is 0 Å². The molecule has 1 atom stereocenters. The summed E-state index contributed by atoms with van der Waals surface area (Å²) in [6.45, 7) is 11.9. The van der Waals surface area contributed by atoms with Gasteiger partial charge in [0, 0.05) is 36.6 Å². The maximum atomic E-state index is 4.79. The van der Waals surface area contributed by atoms with Crippen molar-refractivity contribution in [3.05, 3.63) is 23.4 Å². The first-order valence-electron chi connectivity index (χ1n) is 7.73. The van der Waals surface area contributed by atoms with Gasteiger partial charge < -0.3 is 10.2 Å². The predicted octanol–water partition coefficient (Wildman–Crippen LogP) is 3.72. The summed E-state index contributed by atoms with van der Waals surface area (Å²) in [5.74, 6) is 2.20. The average Bonchev–Trinajstić information content (AvgIpc) is 2.43. The third kappa shape index (κ3) is 6.27. The van der Waals surface area contributed by atoms with Crippen LogP contribution in [0.4, 0.5) is 5.82 Å². The molecule has 0 spiro atoms. The van der Waals surface area contributed by atoms with Crippen molar-refractivity contribution in [2.45, 2.75) is 59.2 Å². The summed E-state index contributed by atoms with van der Waals surface area (Å²) in [4.78, 5) is 7.08. The largest absolute Gasteiger partial charge is 0.356 e. The fraction of sp³-hybridized carbons (Fsp3) is 0.706. The van der Waals surface area contributed by atoms with E-state index in [1.807, 2.05) is 11.8 Å². The lowest BCUT2D eigenvalue weighted by Crippen LogP contribution is -2.35. The Balaban J connectivity index is 2.94. The molecular weight excluding hydrogens is 278 g/mol. The average molecular weight is 310 g/mol. The van der Waals surface area contributed by atoms with Crippen LogP contribution in [0.15, 0.2) is 12.1 Å². The van der Waals surface area contributed by atoms with Crippen LogP contribution >= 0.6 is 11.8 Å². The first-order valence-corrected chi connectivity index (χ1v) is 9.13. The van der Waals surface area contributed by atoms with Gasteiger partial charge in [0.05, 0.1) is 0 Å². The number of rotatable bonds is 7. The molecule has 0 fully saturated rings. The highest BCUT2D eigenvalue weighted by molar-refractivity contribution is 7.98. The molecule has 120 valence electrons. The minimum Gasteiger partial charge on any atom is -0.356 e. The molecule has 0 aliphatic carbocycles. The van der Waals surface area contributed by atoms with E-state index in [-0.39, 0.29) is 5.54 Å². The van der Waals surface area contributed by atoms with Crippen LogP contribution in [0.3, 0.4) is 0 Å². The Hall–Kier alpha value is -0.740. The van der Waals surface area contributed by atoms with E-state index >= 15 is 0 Å². The number of pyridine rings is 1. The molecule has 0 radical (unpaired) electrons. The summed E-state index contributed by atoms with van der Waals surface area (Å²) >= 11 is 1.88. The SMILES string of the molecule is CCc1cc(CNC(C)(C)C)cc(N(C)C(C)CSC)n1. The Kier molecular flexibility index (Phi) is 7.01. The van der Waals surface area contributed by atoms with Crippen LogP contribution in [-0.2, 0) is 13.0 Å². The molecule has 1 N–H and O–H groups in total. The molecule has 1 aromatic rings. The first-order chi connectivity index (χ1) is 9.76. The van der Waals surface area contributed by atoms with Crippen LogP contribution in [0.2, 0.25) is 0 Å². The highest BCUT2D eigenvalue weighted by Crippen LogP contribution is 2.18. The summed E-state index contributed by atoms with van der Waals surface area (Å²) in [6, 6.07) is 4.92. The lowest BCUT2D eigenvalue weighted by molar-refractivity contribution is 0.424. The molecule has 3 nitrogen and oxygen atoms in total. The molecule has 1 rings (SSSR count). The van der Waals surface area contributed by atoms with Crippen molar-refractivity contribution in [3.8, 4) is 0 Å². The van der Waals surface area contributed by atoms with E-state index < -0.39 is 0 Å². The van der Waals surface area contributed by atoms with Crippen LogP contribution in [0.5, 0.6) is 0 Å². The van der Waals surface area contributed by atoms with Crippen molar-refractivity contribution in [2.24, 2.45) is 0 Å². The van der Waals surface area contributed by atoms with Crippen molar-refractivity contribution < 1.29 is 0 Å². The Morgan fingerprint density at radius 1 is 1.33 bits per heavy atom. The van der Waals surface area contributed by atoms with Gasteiger partial charge in [-0.3, -0.25) is 0 Å². The smallest absolute Gasteiger partial charge is 0.129 e. The number of aromatic nitrogens is 1. The van der Waals surface area contributed by atoms with Crippen molar-refractivity contribution in [2.75, 3.05) is 24.0 Å². The molecule has 0 aromatic carbocycles. The number of hydrogen-bond donors (Lipinski definition) is 1. The summed E-state index contributed by atoms with van der Waals surface area (Å²) in [5.41, 5.74) is 2.62. The zero-order chi connectivity index (χ0) is 16.0. The Morgan fingerprint density at radius 3 is 2.52 bits per heavy atom. The lowest BCUT2D eigenvalue weighted by atomic mass is 10.1. The van der Waals surface area contributed by atoms with Gasteiger partial charge in [0.1, 0.15) is 5.82 Å². The van der Waals surface area contributed by atoms with E-state index in [9.17, 15) is 0 Å². The number of nitrogens with zero attached hydrogens (tertiary/aromatic N) is 2. The molecule has 1 unspecified atom stereocenters. The third-order valence-electron chi connectivity index (χ3n) is 3.54. The quantitative estimate of drug-likeness (QED) is 0.831. The number of hydrogen-bond acceptors (Lipinski definition) is 4. The fourth-order valence-electron chi connectivity index (χ4n) is 2.04. The minimum atomic E-state index is 0.133. The van der Waals surface area contributed by atoms with Crippen LogP contribution in [0.1, 0.15) is 45.9 Å². The van der Waals surface area contributed by atoms with Gasteiger partial charge in [0.25, 0.3) is 0 Å². The molecule has 0 aliphatic rings. The fourth-order valence-corrected chi connectivity index (χ4v) is 2.75. The van der Waals surface area contributed by atoms with Gasteiger partial charge in [-0.05, 0) is 58.1 Å². The zero-order valence-electron chi connectivity index (χ0n) is 14.7. The molecule has 1 aromatic heterocycles. The normalized spacial score (nSPS) is 13.3. The molecule has 21 heavy (non-hydrogen) atoms. The summed E-state index contributed by atoms with van der Waals surface area (Å²) < 4.78 is 0. The highest BCUT2D eigenvalue weighted by atomic mass is 32.2. The predicted molar refractivity (Wildman–Crippen MR) is 96.5 cm³/mol. The van der Waals surface area contributed by atoms with E-state index in [4.69, 9.17) is 4.98 Å². The van der Waals surface area contributed by atoms with Gasteiger partial charge in [-0.25, -0.2) is 4.98 Å².